The van der Waals surface area contributed by atoms with Crippen LogP contribution in [0.15, 0.2) is 58.5 Å². The van der Waals surface area contributed by atoms with Crippen molar-refractivity contribution >= 4 is 33.0 Å². The van der Waals surface area contributed by atoms with Gasteiger partial charge in [0.1, 0.15) is 5.71 Å². The largest absolute Gasteiger partial charge is 0.257 e. The van der Waals surface area contributed by atoms with Crippen LogP contribution in [0.5, 0.6) is 0 Å². The maximum absolute atomic E-state index is 11.5. The van der Waals surface area contributed by atoms with Gasteiger partial charge in [-0.1, -0.05) is 23.7 Å². The summed E-state index contributed by atoms with van der Waals surface area (Å²) in [6, 6.07) is 13.6. The zero-order valence-electron chi connectivity index (χ0n) is 14.8. The fraction of sp³-hybridized carbons (Fsp3) is 0.176. The van der Waals surface area contributed by atoms with Crippen molar-refractivity contribution in [2.75, 3.05) is 5.01 Å². The Labute approximate surface area is 166 Å². The first-order valence-corrected chi connectivity index (χ1v) is 10.2. The Balaban J connectivity index is 1.74. The Bertz CT molecular complexity index is 1140. The van der Waals surface area contributed by atoms with Crippen LogP contribution in [-0.4, -0.2) is 34.3 Å². The molecule has 4 rings (SSSR count). The van der Waals surface area contributed by atoms with Crippen molar-refractivity contribution in [3.8, 4) is 0 Å². The number of nitrogens with zero attached hydrogens (tertiary/aromatic N) is 6. The first-order valence-electron chi connectivity index (χ1n) is 8.31. The van der Waals surface area contributed by atoms with E-state index in [2.05, 4.69) is 20.5 Å². The van der Waals surface area contributed by atoms with E-state index in [4.69, 9.17) is 16.7 Å². The minimum Gasteiger partial charge on any atom is -0.257 e. The molecule has 144 valence electrons. The van der Waals surface area contributed by atoms with Gasteiger partial charge < -0.3 is 0 Å². The summed E-state index contributed by atoms with van der Waals surface area (Å²) in [6.45, 7) is 0. The average molecular weight is 418 g/mol. The molecular weight excluding hydrogens is 402 g/mol. The molecule has 2 aromatic carbocycles. The minimum absolute atomic E-state index is 0.0401. The molecule has 1 aliphatic heterocycles. The summed E-state index contributed by atoms with van der Waals surface area (Å²) in [4.78, 5) is 1.41. The van der Waals surface area contributed by atoms with Gasteiger partial charge in [0.25, 0.3) is 0 Å². The third kappa shape index (κ3) is 3.61. The van der Waals surface area contributed by atoms with Crippen LogP contribution in [0.1, 0.15) is 23.9 Å². The number of anilines is 1. The van der Waals surface area contributed by atoms with Crippen molar-refractivity contribution in [1.82, 2.24) is 20.2 Å². The summed E-state index contributed by atoms with van der Waals surface area (Å²) >= 11 is 6.02. The highest BCUT2D eigenvalue weighted by Gasteiger charge is 2.32. The van der Waals surface area contributed by atoms with Gasteiger partial charge in [-0.05, 0) is 47.2 Å². The first-order chi connectivity index (χ1) is 13.3. The number of sulfonamides is 1. The van der Waals surface area contributed by atoms with E-state index in [9.17, 15) is 8.42 Å². The second kappa shape index (κ2) is 6.97. The number of benzene rings is 2. The zero-order valence-corrected chi connectivity index (χ0v) is 16.3. The number of halogens is 1. The highest BCUT2D eigenvalue weighted by atomic mass is 35.5. The quantitative estimate of drug-likeness (QED) is 0.691. The Kier molecular flexibility index (Phi) is 4.61. The smallest absolute Gasteiger partial charge is 0.238 e. The third-order valence-corrected chi connectivity index (χ3v) is 5.54. The normalized spacial score (nSPS) is 17.0. The summed E-state index contributed by atoms with van der Waals surface area (Å²) in [5.41, 5.74) is 2.40. The maximum atomic E-state index is 11.5. The van der Waals surface area contributed by atoms with Crippen LogP contribution in [0.3, 0.4) is 0 Å². The van der Waals surface area contributed by atoms with Gasteiger partial charge in [-0.25, -0.2) is 13.6 Å². The molecule has 1 unspecified atom stereocenters. The van der Waals surface area contributed by atoms with E-state index in [0.717, 1.165) is 5.56 Å². The van der Waals surface area contributed by atoms with Crippen molar-refractivity contribution in [1.29, 1.82) is 0 Å². The summed E-state index contributed by atoms with van der Waals surface area (Å²) in [5, 5.41) is 24.4. The van der Waals surface area contributed by atoms with Crippen LogP contribution in [0, 0.1) is 0 Å². The number of tetrazole rings is 1. The van der Waals surface area contributed by atoms with E-state index in [1.54, 1.807) is 19.2 Å². The topological polar surface area (TPSA) is 119 Å². The van der Waals surface area contributed by atoms with E-state index in [1.165, 1.54) is 16.9 Å². The van der Waals surface area contributed by atoms with Gasteiger partial charge in [0, 0.05) is 11.4 Å². The summed E-state index contributed by atoms with van der Waals surface area (Å²) < 4.78 is 23.0. The fourth-order valence-electron chi connectivity index (χ4n) is 3.02. The summed E-state index contributed by atoms with van der Waals surface area (Å²) in [7, 11) is -2.08. The molecule has 0 radical (unpaired) electrons. The van der Waals surface area contributed by atoms with Gasteiger partial charge in [-0.2, -0.15) is 9.90 Å². The van der Waals surface area contributed by atoms with Gasteiger partial charge in [-0.3, -0.25) is 5.01 Å². The van der Waals surface area contributed by atoms with Crippen LogP contribution in [-0.2, 0) is 17.1 Å². The van der Waals surface area contributed by atoms with Gasteiger partial charge in [0.05, 0.1) is 23.7 Å². The summed E-state index contributed by atoms with van der Waals surface area (Å²) in [5.74, 6) is 0.449. The molecule has 1 atom stereocenters. The molecule has 1 aromatic heterocycles. The lowest BCUT2D eigenvalue weighted by Gasteiger charge is -2.24. The minimum atomic E-state index is -3.76. The molecule has 0 saturated carbocycles. The molecular formula is C17H16ClN7O2S. The highest BCUT2D eigenvalue weighted by Crippen LogP contribution is 2.36. The fourth-order valence-corrected chi connectivity index (χ4v) is 3.66. The van der Waals surface area contributed by atoms with Gasteiger partial charge >= 0.3 is 0 Å². The molecule has 28 heavy (non-hydrogen) atoms. The van der Waals surface area contributed by atoms with Crippen molar-refractivity contribution in [2.45, 2.75) is 17.4 Å². The van der Waals surface area contributed by atoms with E-state index in [-0.39, 0.29) is 10.9 Å². The van der Waals surface area contributed by atoms with Gasteiger partial charge in [-0.15, -0.1) is 10.2 Å². The van der Waals surface area contributed by atoms with Crippen LogP contribution in [0.4, 0.5) is 5.69 Å². The molecule has 0 saturated heterocycles. The predicted octanol–water partition coefficient (Wildman–Crippen LogP) is 1.87. The standard InChI is InChI=1S/C17H16ClN7O2S/c1-24-22-17(20-23-24)15-10-16(11-2-4-12(18)5-3-11)25(21-15)13-6-8-14(9-7-13)28(19,26)27/h2-9,16H,10H2,1H3,(H2,19,26,27). The number of hydrogen-bond acceptors (Lipinski definition) is 7. The molecule has 2 heterocycles. The van der Waals surface area contributed by atoms with Crippen LogP contribution >= 0.6 is 11.6 Å². The third-order valence-electron chi connectivity index (χ3n) is 4.36. The number of nitrogens with two attached hydrogens (primary N) is 1. The second-order valence-electron chi connectivity index (χ2n) is 6.30. The van der Waals surface area contributed by atoms with Crippen molar-refractivity contribution < 1.29 is 8.42 Å². The lowest BCUT2D eigenvalue weighted by Crippen LogP contribution is -2.19. The van der Waals surface area contributed by atoms with Crippen molar-refractivity contribution in [2.24, 2.45) is 17.3 Å². The number of aryl methyl sites for hydroxylation is 1. The van der Waals surface area contributed by atoms with Crippen molar-refractivity contribution in [3.05, 3.63) is 64.9 Å². The van der Waals surface area contributed by atoms with E-state index in [1.807, 2.05) is 29.3 Å². The van der Waals surface area contributed by atoms with E-state index < -0.39 is 10.0 Å². The molecule has 0 aliphatic carbocycles. The lowest BCUT2D eigenvalue weighted by molar-refractivity contribution is 0.597. The number of hydrazone groups is 1. The molecule has 1 aliphatic rings. The average Bonchev–Trinajstić information content (AvgIpc) is 3.28. The van der Waals surface area contributed by atoms with Crippen LogP contribution < -0.4 is 10.1 Å². The maximum Gasteiger partial charge on any atom is 0.238 e. The Morgan fingerprint density at radius 3 is 2.36 bits per heavy atom. The first kappa shape index (κ1) is 18.5. The number of rotatable bonds is 4. The molecule has 2 N–H and O–H groups in total. The van der Waals surface area contributed by atoms with Crippen molar-refractivity contribution in [3.63, 3.8) is 0 Å². The molecule has 0 spiro atoms. The SMILES string of the molecule is Cn1nnc(C2=NN(c3ccc(S(N)(=O)=O)cc3)C(c3ccc(Cl)cc3)C2)n1. The monoisotopic (exact) mass is 417 g/mol. The van der Waals surface area contributed by atoms with Gasteiger partial charge in [0.15, 0.2) is 0 Å². The molecule has 0 bridgehead atoms. The number of primary sulfonamides is 1. The Hall–Kier alpha value is -2.82. The number of aromatic nitrogens is 4. The van der Waals surface area contributed by atoms with Crippen LogP contribution in [0.25, 0.3) is 0 Å². The second-order valence-corrected chi connectivity index (χ2v) is 8.30. The lowest BCUT2D eigenvalue weighted by atomic mass is 10.0. The van der Waals surface area contributed by atoms with E-state index >= 15 is 0 Å². The van der Waals surface area contributed by atoms with E-state index in [0.29, 0.717) is 28.7 Å². The highest BCUT2D eigenvalue weighted by molar-refractivity contribution is 7.89. The summed E-state index contributed by atoms with van der Waals surface area (Å²) in [6.07, 6.45) is 0.560. The molecule has 0 amide bonds. The van der Waals surface area contributed by atoms with Crippen LogP contribution in [0.2, 0.25) is 5.02 Å². The molecule has 9 nitrogen and oxygen atoms in total. The number of hydrogen-bond donors (Lipinski definition) is 1. The molecule has 3 aromatic rings. The molecule has 11 heteroatoms. The van der Waals surface area contributed by atoms with Gasteiger partial charge in [0.2, 0.25) is 15.8 Å². The Morgan fingerprint density at radius 2 is 1.79 bits per heavy atom. The zero-order chi connectivity index (χ0) is 19.9. The molecule has 0 fully saturated rings. The Morgan fingerprint density at radius 1 is 1.11 bits per heavy atom. The predicted molar refractivity (Wildman–Crippen MR) is 104 cm³/mol.